The smallest absolute Gasteiger partial charge is 0.254 e. The topological polar surface area (TPSA) is 43.1 Å². The minimum atomic E-state index is 0.590. The highest BCUT2D eigenvalue weighted by molar-refractivity contribution is 5.79. The van der Waals surface area contributed by atoms with Crippen molar-refractivity contribution in [2.75, 3.05) is 0 Å². The van der Waals surface area contributed by atoms with Crippen molar-refractivity contribution in [2.24, 2.45) is 0 Å². The largest absolute Gasteiger partial charge is 0.280 e. The van der Waals surface area contributed by atoms with Gasteiger partial charge in [0.15, 0.2) is 0 Å². The summed E-state index contributed by atoms with van der Waals surface area (Å²) in [4.78, 5) is 4.69. The molecule has 0 saturated carbocycles. The monoisotopic (exact) mass is 348 g/mol. The Hall–Kier alpha value is -3.79. The number of rotatable bonds is 3. The molecule has 2 aromatic heterocycles. The Balaban J connectivity index is 1.81. The molecule has 0 aliphatic carbocycles. The summed E-state index contributed by atoms with van der Waals surface area (Å²) in [5.41, 5.74) is 5.87. The Morgan fingerprint density at radius 3 is 1.74 bits per heavy atom. The number of imidazole rings is 1. The average molecular weight is 348 g/mol. The second-order valence-corrected chi connectivity index (χ2v) is 6.29. The van der Waals surface area contributed by atoms with Crippen LogP contribution in [0.5, 0.6) is 0 Å². The highest BCUT2D eigenvalue weighted by Gasteiger charge is 2.16. The number of hydrogen-bond acceptors (Lipinski definition) is 3. The Labute approximate surface area is 156 Å². The second-order valence-electron chi connectivity index (χ2n) is 6.29. The first-order valence-corrected chi connectivity index (χ1v) is 8.82. The van der Waals surface area contributed by atoms with Gasteiger partial charge in [0.2, 0.25) is 0 Å². The van der Waals surface area contributed by atoms with E-state index in [9.17, 15) is 0 Å². The number of hydrogen-bond donors (Lipinski definition) is 0. The maximum atomic E-state index is 4.69. The lowest BCUT2D eigenvalue weighted by molar-refractivity contribution is 0.979. The molecule has 128 valence electrons. The van der Waals surface area contributed by atoms with Crippen molar-refractivity contribution in [1.29, 1.82) is 0 Å². The molecule has 0 amide bonds. The van der Waals surface area contributed by atoms with Crippen LogP contribution < -0.4 is 0 Å². The molecule has 0 unspecified atom stereocenters. The first-order valence-electron chi connectivity index (χ1n) is 8.82. The highest BCUT2D eigenvalue weighted by Crippen LogP contribution is 2.31. The Bertz CT molecular complexity index is 1200. The molecule has 2 heterocycles. The fourth-order valence-electron chi connectivity index (χ4n) is 3.27. The summed E-state index contributed by atoms with van der Waals surface area (Å²) in [6, 6.07) is 30.5. The number of nitrogens with zero attached hydrogens (tertiary/aromatic N) is 4. The fourth-order valence-corrected chi connectivity index (χ4v) is 3.27. The van der Waals surface area contributed by atoms with Gasteiger partial charge in [0, 0.05) is 22.9 Å². The molecule has 0 aliphatic heterocycles. The molecule has 0 saturated heterocycles. The number of aromatic nitrogens is 4. The molecule has 0 atom stereocenters. The maximum absolute atomic E-state index is 4.69. The lowest BCUT2D eigenvalue weighted by Crippen LogP contribution is -2.01. The van der Waals surface area contributed by atoms with Crippen molar-refractivity contribution in [1.82, 2.24) is 19.6 Å². The summed E-state index contributed by atoms with van der Waals surface area (Å²) in [6.45, 7) is 0. The van der Waals surface area contributed by atoms with Crippen molar-refractivity contribution < 1.29 is 0 Å². The first-order chi connectivity index (χ1) is 13.4. The molecular formula is C23H16N4. The van der Waals surface area contributed by atoms with E-state index in [2.05, 4.69) is 46.6 Å². The Morgan fingerprint density at radius 1 is 0.556 bits per heavy atom. The van der Waals surface area contributed by atoms with Crippen LogP contribution in [0, 0.1) is 0 Å². The third kappa shape index (κ3) is 2.77. The molecule has 0 bridgehead atoms. The van der Waals surface area contributed by atoms with Crippen LogP contribution in [0.15, 0.2) is 97.2 Å². The summed E-state index contributed by atoms with van der Waals surface area (Å²) in [5.74, 6) is 0.590. The van der Waals surface area contributed by atoms with Gasteiger partial charge in [-0.3, -0.25) is 4.40 Å². The predicted molar refractivity (Wildman–Crippen MR) is 107 cm³/mol. The molecule has 27 heavy (non-hydrogen) atoms. The summed E-state index contributed by atoms with van der Waals surface area (Å²) in [6.07, 6.45) is 2.04. The summed E-state index contributed by atoms with van der Waals surface area (Å²) < 4.78 is 2.03. The van der Waals surface area contributed by atoms with Gasteiger partial charge in [-0.2, -0.15) is 0 Å². The molecule has 5 rings (SSSR count). The number of fused-ring (bicyclic) bond motifs is 1. The number of benzene rings is 3. The standard InChI is InChI=1S/C23H16N4/c1-4-10-17(11-5-1)20-16-27-22(19-14-8-3-9-15-19)21(25-26-23(27)24-20)18-12-6-2-7-13-18/h1-16H. The molecule has 3 aromatic carbocycles. The van der Waals surface area contributed by atoms with Gasteiger partial charge < -0.3 is 0 Å². The lowest BCUT2D eigenvalue weighted by atomic mass is 10.0. The molecule has 4 nitrogen and oxygen atoms in total. The van der Waals surface area contributed by atoms with E-state index in [1.807, 2.05) is 65.2 Å². The summed E-state index contributed by atoms with van der Waals surface area (Å²) in [5, 5.41) is 8.92. The Morgan fingerprint density at radius 2 is 1.11 bits per heavy atom. The van der Waals surface area contributed by atoms with Gasteiger partial charge in [-0.1, -0.05) is 91.0 Å². The first kappa shape index (κ1) is 15.5. The van der Waals surface area contributed by atoms with Crippen LogP contribution in [0.3, 0.4) is 0 Å². The fraction of sp³-hybridized carbons (Fsp3) is 0. The van der Waals surface area contributed by atoms with Gasteiger partial charge in [-0.05, 0) is 0 Å². The molecule has 0 fully saturated rings. The van der Waals surface area contributed by atoms with E-state index in [1.54, 1.807) is 0 Å². The molecule has 0 N–H and O–H groups in total. The van der Waals surface area contributed by atoms with E-state index in [0.29, 0.717) is 5.78 Å². The van der Waals surface area contributed by atoms with Crippen LogP contribution in [0.2, 0.25) is 0 Å². The van der Waals surface area contributed by atoms with E-state index < -0.39 is 0 Å². The predicted octanol–water partition coefficient (Wildman–Crippen LogP) is 5.13. The van der Waals surface area contributed by atoms with Gasteiger partial charge in [-0.15, -0.1) is 10.2 Å². The SMILES string of the molecule is c1ccc(-c2cn3c(-c4ccccc4)c(-c4ccccc4)nnc3n2)cc1. The van der Waals surface area contributed by atoms with Crippen LogP contribution >= 0.6 is 0 Å². The van der Waals surface area contributed by atoms with Crippen LogP contribution in [0.4, 0.5) is 0 Å². The quantitative estimate of drug-likeness (QED) is 0.454. The van der Waals surface area contributed by atoms with Crippen LogP contribution in [0.1, 0.15) is 0 Å². The van der Waals surface area contributed by atoms with E-state index >= 15 is 0 Å². The third-order valence-corrected chi connectivity index (χ3v) is 4.56. The van der Waals surface area contributed by atoms with Gasteiger partial charge in [0.05, 0.1) is 11.4 Å². The van der Waals surface area contributed by atoms with Gasteiger partial charge in [-0.25, -0.2) is 4.98 Å². The normalized spacial score (nSPS) is 11.0. The Kier molecular flexibility index (Phi) is 3.72. The zero-order chi connectivity index (χ0) is 18.1. The third-order valence-electron chi connectivity index (χ3n) is 4.56. The van der Waals surface area contributed by atoms with Crippen LogP contribution in [-0.4, -0.2) is 19.6 Å². The molecule has 4 heteroatoms. The summed E-state index contributed by atoms with van der Waals surface area (Å²) in [7, 11) is 0. The maximum Gasteiger partial charge on any atom is 0.254 e. The van der Waals surface area contributed by atoms with Crippen molar-refractivity contribution >= 4 is 5.78 Å². The minimum Gasteiger partial charge on any atom is -0.280 e. The highest BCUT2D eigenvalue weighted by atomic mass is 15.2. The molecule has 0 spiro atoms. The zero-order valence-electron chi connectivity index (χ0n) is 14.5. The molecule has 5 aromatic rings. The van der Waals surface area contributed by atoms with Gasteiger partial charge in [0.1, 0.15) is 5.69 Å². The summed E-state index contributed by atoms with van der Waals surface area (Å²) >= 11 is 0. The van der Waals surface area contributed by atoms with E-state index in [4.69, 9.17) is 4.98 Å². The lowest BCUT2D eigenvalue weighted by Gasteiger charge is -2.10. The van der Waals surface area contributed by atoms with Gasteiger partial charge in [0.25, 0.3) is 5.78 Å². The minimum absolute atomic E-state index is 0.590. The van der Waals surface area contributed by atoms with E-state index in [-0.39, 0.29) is 0 Å². The van der Waals surface area contributed by atoms with Crippen molar-refractivity contribution in [3.8, 4) is 33.8 Å². The second kappa shape index (κ2) is 6.50. The average Bonchev–Trinajstić information content (AvgIpc) is 3.19. The van der Waals surface area contributed by atoms with Crippen molar-refractivity contribution in [2.45, 2.75) is 0 Å². The molecule has 0 radical (unpaired) electrons. The zero-order valence-corrected chi connectivity index (χ0v) is 14.5. The molecular weight excluding hydrogens is 332 g/mol. The van der Waals surface area contributed by atoms with Crippen LogP contribution in [0.25, 0.3) is 39.5 Å². The van der Waals surface area contributed by atoms with Crippen molar-refractivity contribution in [3.05, 3.63) is 97.2 Å². The molecule has 0 aliphatic rings. The van der Waals surface area contributed by atoms with E-state index in [1.165, 1.54) is 0 Å². The van der Waals surface area contributed by atoms with Crippen molar-refractivity contribution in [3.63, 3.8) is 0 Å². The van der Waals surface area contributed by atoms with E-state index in [0.717, 1.165) is 33.8 Å². The van der Waals surface area contributed by atoms with Gasteiger partial charge >= 0.3 is 0 Å². The van der Waals surface area contributed by atoms with Crippen LogP contribution in [-0.2, 0) is 0 Å².